The third-order valence-corrected chi connectivity index (χ3v) is 4.85. The van der Waals surface area contributed by atoms with Crippen LogP contribution in [0.3, 0.4) is 0 Å². The molecule has 0 aliphatic carbocycles. The minimum Gasteiger partial charge on any atom is -0.480 e. The summed E-state index contributed by atoms with van der Waals surface area (Å²) in [5.74, 6) is -0.327. The minimum atomic E-state index is -0.852. The molecule has 0 saturated carbocycles. The maximum absolute atomic E-state index is 10.8. The van der Waals surface area contributed by atoms with Crippen molar-refractivity contribution < 1.29 is 9.90 Å². The van der Waals surface area contributed by atoms with Gasteiger partial charge in [-0.05, 0) is 35.8 Å². The molecule has 5 heteroatoms. The van der Waals surface area contributed by atoms with Gasteiger partial charge in [0.2, 0.25) is 0 Å². The van der Waals surface area contributed by atoms with E-state index >= 15 is 0 Å². The SMILES string of the molecule is CN1CCc2cc(/C=C/C=C/C3=N[C@@H](C(=O)O)CS3)ccc21. The van der Waals surface area contributed by atoms with Gasteiger partial charge < -0.3 is 10.0 Å². The van der Waals surface area contributed by atoms with E-state index in [9.17, 15) is 4.79 Å². The zero-order valence-electron chi connectivity index (χ0n) is 12.4. The van der Waals surface area contributed by atoms with E-state index in [1.807, 2.05) is 18.2 Å². The van der Waals surface area contributed by atoms with Crippen molar-refractivity contribution in [1.29, 1.82) is 0 Å². The highest BCUT2D eigenvalue weighted by Crippen LogP contribution is 2.27. The molecule has 0 amide bonds. The van der Waals surface area contributed by atoms with Crippen LogP contribution in [0.2, 0.25) is 0 Å². The molecule has 2 aliphatic heterocycles. The van der Waals surface area contributed by atoms with Crippen molar-refractivity contribution in [2.75, 3.05) is 24.2 Å². The monoisotopic (exact) mass is 314 g/mol. The summed E-state index contributed by atoms with van der Waals surface area (Å²) in [7, 11) is 2.12. The second-order valence-corrected chi connectivity index (χ2v) is 6.45. The van der Waals surface area contributed by atoms with Gasteiger partial charge >= 0.3 is 5.97 Å². The molecule has 2 heterocycles. The molecule has 4 nitrogen and oxygen atoms in total. The van der Waals surface area contributed by atoms with Crippen molar-refractivity contribution in [3.63, 3.8) is 0 Å². The fourth-order valence-corrected chi connectivity index (χ4v) is 3.53. The van der Waals surface area contributed by atoms with Crippen molar-refractivity contribution in [3.05, 3.63) is 47.6 Å². The Morgan fingerprint density at radius 2 is 2.23 bits per heavy atom. The van der Waals surface area contributed by atoms with Gasteiger partial charge in [0.15, 0.2) is 6.04 Å². The van der Waals surface area contributed by atoms with Gasteiger partial charge in [-0.3, -0.25) is 4.99 Å². The van der Waals surface area contributed by atoms with Gasteiger partial charge in [-0.25, -0.2) is 4.79 Å². The van der Waals surface area contributed by atoms with Crippen molar-refractivity contribution in [3.8, 4) is 0 Å². The van der Waals surface area contributed by atoms with E-state index in [1.54, 1.807) is 0 Å². The van der Waals surface area contributed by atoms with Crippen LogP contribution in [0.25, 0.3) is 6.08 Å². The summed E-state index contributed by atoms with van der Waals surface area (Å²) in [4.78, 5) is 17.2. The topological polar surface area (TPSA) is 52.9 Å². The summed E-state index contributed by atoms with van der Waals surface area (Å²) >= 11 is 1.48. The molecule has 0 unspecified atom stereocenters. The van der Waals surface area contributed by atoms with Crippen molar-refractivity contribution in [2.45, 2.75) is 12.5 Å². The molecule has 22 heavy (non-hydrogen) atoms. The van der Waals surface area contributed by atoms with Gasteiger partial charge in [-0.1, -0.05) is 24.3 Å². The predicted octanol–water partition coefficient (Wildman–Crippen LogP) is 2.85. The molecule has 0 aromatic heterocycles. The number of carboxylic acid groups (broad SMARTS) is 1. The second kappa shape index (κ2) is 6.40. The highest BCUT2D eigenvalue weighted by atomic mass is 32.2. The predicted molar refractivity (Wildman–Crippen MR) is 92.9 cm³/mol. The Bertz CT molecular complexity index is 679. The van der Waals surface area contributed by atoms with Gasteiger partial charge in [0.05, 0.1) is 5.04 Å². The average Bonchev–Trinajstić information content (AvgIpc) is 3.11. The molecule has 0 bridgehead atoms. The number of anilines is 1. The molecular weight excluding hydrogens is 296 g/mol. The zero-order valence-corrected chi connectivity index (χ0v) is 13.2. The Morgan fingerprint density at radius 1 is 1.41 bits per heavy atom. The number of hydrogen-bond donors (Lipinski definition) is 1. The maximum Gasteiger partial charge on any atom is 0.329 e. The Morgan fingerprint density at radius 3 is 3.00 bits per heavy atom. The first-order valence-electron chi connectivity index (χ1n) is 7.26. The number of carbonyl (C=O) groups is 1. The van der Waals surface area contributed by atoms with Crippen LogP contribution < -0.4 is 4.90 Å². The van der Waals surface area contributed by atoms with Gasteiger partial charge in [-0.15, -0.1) is 11.8 Å². The molecule has 0 radical (unpaired) electrons. The lowest BCUT2D eigenvalue weighted by Gasteiger charge is -2.11. The van der Waals surface area contributed by atoms with Crippen LogP contribution in [0.5, 0.6) is 0 Å². The van der Waals surface area contributed by atoms with E-state index in [-0.39, 0.29) is 0 Å². The molecule has 3 rings (SSSR count). The average molecular weight is 314 g/mol. The fraction of sp³-hybridized carbons (Fsp3) is 0.294. The number of hydrogen-bond acceptors (Lipinski definition) is 4. The Balaban J connectivity index is 1.62. The summed E-state index contributed by atoms with van der Waals surface area (Å²) < 4.78 is 0. The number of carboxylic acids is 1. The summed E-state index contributed by atoms with van der Waals surface area (Å²) in [5.41, 5.74) is 3.90. The van der Waals surface area contributed by atoms with Crippen molar-refractivity contribution in [2.24, 2.45) is 4.99 Å². The summed E-state index contributed by atoms with van der Waals surface area (Å²) in [6.07, 6.45) is 8.91. The normalized spacial score (nSPS) is 20.9. The molecule has 0 fully saturated rings. The van der Waals surface area contributed by atoms with Gasteiger partial charge in [0, 0.05) is 25.0 Å². The summed E-state index contributed by atoms with van der Waals surface area (Å²) in [6, 6.07) is 5.92. The summed E-state index contributed by atoms with van der Waals surface area (Å²) in [6.45, 7) is 1.09. The first kappa shape index (κ1) is 14.9. The maximum atomic E-state index is 10.8. The van der Waals surface area contributed by atoms with Gasteiger partial charge in [-0.2, -0.15) is 0 Å². The van der Waals surface area contributed by atoms with Crippen molar-refractivity contribution in [1.82, 2.24) is 0 Å². The lowest BCUT2D eigenvalue weighted by Crippen LogP contribution is -2.16. The molecule has 0 saturated heterocycles. The van der Waals surface area contributed by atoms with E-state index < -0.39 is 12.0 Å². The quantitative estimate of drug-likeness (QED) is 0.868. The van der Waals surface area contributed by atoms with Crippen LogP contribution in [0.4, 0.5) is 5.69 Å². The highest BCUT2D eigenvalue weighted by molar-refractivity contribution is 8.14. The fourth-order valence-electron chi connectivity index (χ4n) is 2.60. The number of fused-ring (bicyclic) bond motifs is 1. The van der Waals surface area contributed by atoms with E-state index in [1.165, 1.54) is 28.6 Å². The molecule has 0 spiro atoms. The number of allylic oxidation sites excluding steroid dienone is 2. The smallest absolute Gasteiger partial charge is 0.329 e. The Kier molecular flexibility index (Phi) is 4.34. The molecule has 1 aromatic carbocycles. The Labute approximate surface area is 134 Å². The standard InChI is InChI=1S/C17H18N2O2S/c1-19-9-8-13-10-12(6-7-15(13)19)4-2-3-5-16-18-14(11-22-16)17(20)21/h2-7,10,14H,8-9,11H2,1H3,(H,20,21)/b4-2+,5-3+/t14-/m1/s1. The lowest BCUT2D eigenvalue weighted by molar-refractivity contribution is -0.137. The van der Waals surface area contributed by atoms with Gasteiger partial charge in [0.25, 0.3) is 0 Å². The number of thioether (sulfide) groups is 1. The van der Waals surface area contributed by atoms with Crippen LogP contribution in [0.15, 0.2) is 41.4 Å². The largest absolute Gasteiger partial charge is 0.480 e. The number of aliphatic carboxylic acids is 1. The van der Waals surface area contributed by atoms with E-state index in [0.29, 0.717) is 5.75 Å². The highest BCUT2D eigenvalue weighted by Gasteiger charge is 2.22. The Hall–Kier alpha value is -2.01. The molecule has 1 atom stereocenters. The summed E-state index contributed by atoms with van der Waals surface area (Å²) in [5, 5.41) is 9.67. The van der Waals surface area contributed by atoms with Crippen molar-refractivity contribution >= 4 is 34.5 Å². The van der Waals surface area contributed by atoms with Crippen LogP contribution >= 0.6 is 11.8 Å². The lowest BCUT2D eigenvalue weighted by atomic mass is 10.1. The van der Waals surface area contributed by atoms with E-state index in [2.05, 4.69) is 41.2 Å². The third-order valence-electron chi connectivity index (χ3n) is 3.83. The number of aliphatic imine (C=N–C) groups is 1. The number of rotatable bonds is 4. The molecule has 2 aliphatic rings. The molecular formula is C17H18N2O2S. The van der Waals surface area contributed by atoms with Crippen LogP contribution in [-0.4, -0.2) is 41.5 Å². The van der Waals surface area contributed by atoms with Crippen LogP contribution in [-0.2, 0) is 11.2 Å². The molecule has 1 N–H and O–H groups in total. The molecule has 114 valence electrons. The van der Waals surface area contributed by atoms with E-state index in [0.717, 1.165) is 18.0 Å². The third kappa shape index (κ3) is 3.25. The van der Waals surface area contributed by atoms with Gasteiger partial charge in [0.1, 0.15) is 0 Å². The number of nitrogens with zero attached hydrogens (tertiary/aromatic N) is 2. The van der Waals surface area contributed by atoms with Crippen LogP contribution in [0, 0.1) is 0 Å². The first-order valence-corrected chi connectivity index (χ1v) is 8.24. The second-order valence-electron chi connectivity index (χ2n) is 5.41. The zero-order chi connectivity index (χ0) is 15.5. The first-order chi connectivity index (χ1) is 10.6. The number of benzene rings is 1. The van der Waals surface area contributed by atoms with E-state index in [4.69, 9.17) is 5.11 Å². The minimum absolute atomic E-state index is 0.525. The number of likely N-dealkylation sites (N-methyl/N-ethyl adjacent to an activating group) is 1. The van der Waals surface area contributed by atoms with Crippen LogP contribution in [0.1, 0.15) is 11.1 Å². The molecule has 1 aromatic rings.